The molecule has 2 saturated carbocycles. The Morgan fingerprint density at radius 2 is 1.04 bits per heavy atom. The number of rotatable bonds is 8. The molecule has 4 aliphatic heterocycles. The van der Waals surface area contributed by atoms with Crippen LogP contribution in [0.2, 0.25) is 0 Å². The van der Waals surface area contributed by atoms with Crippen LogP contribution in [0.1, 0.15) is 174 Å². The van der Waals surface area contributed by atoms with Gasteiger partial charge in [0.25, 0.3) is 0 Å². The maximum Gasteiger partial charge on any atom is 0.408 e. The number of amides is 4. The normalized spacial score (nSPS) is 27.4. The van der Waals surface area contributed by atoms with Crippen LogP contribution in [-0.2, 0) is 91.8 Å². The quantitative estimate of drug-likeness (QED) is 0.134. The number of carbonyl (C=O) groups is 4. The number of alkyl carbamates (subject to hydrolysis) is 2. The summed E-state index contributed by atoms with van der Waals surface area (Å²) in [6.07, 6.45) is 17.5. The molecule has 26 heteroatoms. The third kappa shape index (κ3) is 17.6. The van der Waals surface area contributed by atoms with E-state index in [2.05, 4.69) is 33.2 Å². The second-order valence-corrected chi connectivity index (χ2v) is 29.0. The number of aromatic nitrogens is 6. The van der Waals surface area contributed by atoms with E-state index in [0.717, 1.165) is 88.4 Å². The number of hydrogen-bond donors (Lipinski definition) is 2. The smallest absolute Gasteiger partial charge is 0.408 e. The van der Waals surface area contributed by atoms with Gasteiger partial charge in [-0.3, -0.25) is 9.59 Å². The summed E-state index contributed by atoms with van der Waals surface area (Å²) in [4.78, 5) is 110. The van der Waals surface area contributed by atoms with Crippen LogP contribution in [0.5, 0.6) is 23.3 Å². The molecular formula is C71H90N10O14V2-2. The number of nitrogens with zero attached hydrogens (tertiary/aromatic N) is 8. The van der Waals surface area contributed by atoms with Gasteiger partial charge >= 0.3 is 12.2 Å². The molecule has 4 bridgehead atoms. The molecule has 0 spiro atoms. The first-order valence-electron chi connectivity index (χ1n) is 33.7. The Morgan fingerprint density at radius 1 is 0.577 bits per heavy atom. The van der Waals surface area contributed by atoms with Gasteiger partial charge in [-0.1, -0.05) is 93.2 Å². The number of nitrogens with one attached hydrogen (secondary N) is 2. The molecule has 2 N–H and O–H groups in total. The summed E-state index contributed by atoms with van der Waals surface area (Å²) >= 11 is 0. The number of hydrogen-bond acceptors (Lipinski definition) is 20. The Balaban J connectivity index is 0.000000223. The zero-order chi connectivity index (χ0) is 67.5. The first-order valence-corrected chi connectivity index (χ1v) is 33.7. The molecule has 12 rings (SSSR count). The van der Waals surface area contributed by atoms with E-state index in [-0.39, 0.29) is 105 Å². The van der Waals surface area contributed by atoms with E-state index in [4.69, 9.17) is 57.2 Å². The zero-order valence-corrected chi connectivity index (χ0v) is 60.2. The van der Waals surface area contributed by atoms with Crippen molar-refractivity contribution in [3.05, 3.63) is 83.5 Å². The summed E-state index contributed by atoms with van der Waals surface area (Å²) in [5.74, 6) is 3.32. The molecule has 2 aromatic carbocycles. The van der Waals surface area contributed by atoms with Crippen molar-refractivity contribution in [2.24, 2.45) is 34.5 Å². The van der Waals surface area contributed by atoms with Crippen molar-refractivity contribution >= 4 is 58.6 Å². The number of aryl methyl sites for hydroxylation is 4. The molecule has 6 aromatic rings. The van der Waals surface area contributed by atoms with Crippen molar-refractivity contribution in [3.63, 3.8) is 0 Å². The topological polar surface area (TPSA) is 292 Å². The Labute approximate surface area is 590 Å². The van der Waals surface area contributed by atoms with E-state index < -0.39 is 65.0 Å². The average Bonchev–Trinajstić information content (AvgIpc) is 1.66. The van der Waals surface area contributed by atoms with Crippen LogP contribution in [0.4, 0.5) is 9.59 Å². The van der Waals surface area contributed by atoms with Crippen molar-refractivity contribution in [1.82, 2.24) is 50.3 Å². The second kappa shape index (κ2) is 31.3. The van der Waals surface area contributed by atoms with Crippen molar-refractivity contribution < 1.29 is 103 Å². The van der Waals surface area contributed by atoms with Gasteiger partial charge in [-0.25, -0.2) is 52.1 Å². The minimum Gasteiger partial charge on any atom is -0.540 e. The summed E-state index contributed by atoms with van der Waals surface area (Å²) in [5.41, 5.74) is 2.22. The van der Waals surface area contributed by atoms with Crippen LogP contribution in [0, 0.1) is 48.3 Å². The molecule has 4 amide bonds. The predicted molar refractivity (Wildman–Crippen MR) is 347 cm³/mol. The Morgan fingerprint density at radius 3 is 1.49 bits per heavy atom. The van der Waals surface area contributed by atoms with E-state index in [1.165, 1.54) is 9.80 Å². The van der Waals surface area contributed by atoms with E-state index in [0.29, 0.717) is 81.5 Å². The number of benzene rings is 2. The van der Waals surface area contributed by atoms with Gasteiger partial charge in [0, 0.05) is 55.2 Å². The molecule has 24 nitrogen and oxygen atoms in total. The molecule has 2 saturated heterocycles. The average molecular weight is 1410 g/mol. The third-order valence-electron chi connectivity index (χ3n) is 19.6. The van der Waals surface area contributed by atoms with Gasteiger partial charge in [0.05, 0.1) is 47.6 Å². The molecule has 4 fully saturated rings. The van der Waals surface area contributed by atoms with Crippen molar-refractivity contribution in [3.8, 4) is 23.3 Å². The van der Waals surface area contributed by atoms with Crippen molar-refractivity contribution in [1.29, 1.82) is 0 Å². The summed E-state index contributed by atoms with van der Waals surface area (Å²) < 4.78 is 47.8. The van der Waals surface area contributed by atoms with Gasteiger partial charge in [0.15, 0.2) is 13.2 Å². The fraction of sp³-hybridized carbons (Fsp3) is 0.606. The zero-order valence-electron chi connectivity index (χ0n) is 57.4. The molecule has 2 aliphatic carbocycles. The Hall–Kier alpha value is -7.27. The molecule has 97 heavy (non-hydrogen) atoms. The van der Waals surface area contributed by atoms with Gasteiger partial charge in [-0.2, -0.15) is 0 Å². The van der Waals surface area contributed by atoms with Crippen LogP contribution < -0.4 is 29.6 Å². The molecule has 4 aromatic heterocycles. The van der Waals surface area contributed by atoms with Crippen LogP contribution in [0.15, 0.2) is 57.6 Å². The van der Waals surface area contributed by atoms with E-state index in [1.807, 2.05) is 100 Å². The third-order valence-corrected chi connectivity index (χ3v) is 19.6. The fourth-order valence-electron chi connectivity index (χ4n) is 13.8. The maximum absolute atomic E-state index is 14.1. The number of oxazole rings is 2. The SMILES string of the molecule is Cc1cnc(COc2ccc3nc4c(nc3c2)O[C@H]2CN(C(=O)[C@H](C(C)(C)C)NC(=O)O[C@@H]3CCC[C@H]3CCCCC4)[C@H]([C-]=O)[C@@H]2C)o1.Cc1cnc(COc2ccc3nc4c(nc3c2)O[C@H]2CN(C(=O)[C@H](C(C)(C)C)NC(=O)O[C@]3(C)C[C@H]3CCCCC4)[C@H]([C-]=O)[C@@H]2C)o1.[V].[V]. The monoisotopic (exact) mass is 1410 g/mol. The van der Waals surface area contributed by atoms with Gasteiger partial charge in [-0.15, -0.1) is 0 Å². The fourth-order valence-corrected chi connectivity index (χ4v) is 13.8. The second-order valence-electron chi connectivity index (χ2n) is 29.0. The summed E-state index contributed by atoms with van der Waals surface area (Å²) in [5, 5.41) is 5.69. The van der Waals surface area contributed by atoms with E-state index >= 15 is 0 Å². The summed E-state index contributed by atoms with van der Waals surface area (Å²) in [6, 6.07) is 7.48. The standard InChI is InChI=1S/C36H46N5O7.C35H44N5O7.2V/c1-21-17-37-31(46-21)20-45-24-14-15-25-27(16-24)39-33-26(38-25)12-8-6-7-10-23-11-9-13-29(23)48-35(44)40-32(36(3,4)5)34(43)41-18-30(47-33)22(2)28(41)19-42;1-20-16-36-29(45-20)19-44-23-12-13-24-26(14-23)38-31-25(37-24)11-9-7-8-10-22-15-35(22,6)47-33(43)39-30(34(3,4)5)32(42)40-17-28(46-31)21(2)27(40)18-41;;/h14-17,22-23,28-30,32H,6-13,18,20H2,1-5H3,(H,40,44);12-14,16,21-22,27-28,30H,7-11,15,17,19H2,1-6H3,(H,39,43);;/q2*-1;;/t22-,23+,28+,29+,30-,32+;21-,22+,27+,28-,30+,35+;;/m00../s1. The van der Waals surface area contributed by atoms with Gasteiger partial charge < -0.3 is 67.3 Å². The Bertz CT molecular complexity index is 3780. The first kappa shape index (κ1) is 74.0. The van der Waals surface area contributed by atoms with Gasteiger partial charge in [0.1, 0.15) is 70.4 Å². The van der Waals surface area contributed by atoms with Crippen LogP contribution in [-0.4, -0.2) is 137 Å². The van der Waals surface area contributed by atoms with E-state index in [1.54, 1.807) is 24.5 Å². The van der Waals surface area contributed by atoms with Crippen LogP contribution in [0.3, 0.4) is 0 Å². The number of ether oxygens (including phenoxy) is 6. The molecular weight excluding hydrogens is 1320 g/mol. The van der Waals surface area contributed by atoms with Crippen molar-refractivity contribution in [2.75, 3.05) is 13.1 Å². The summed E-state index contributed by atoms with van der Waals surface area (Å²) in [6.45, 7) is 21.2. The molecule has 6 aliphatic rings. The minimum atomic E-state index is -0.925. The van der Waals surface area contributed by atoms with Crippen LogP contribution in [0.25, 0.3) is 22.1 Å². The number of carbonyl (C=O) groups excluding carboxylic acids is 6. The predicted octanol–water partition coefficient (Wildman–Crippen LogP) is 10.9. The molecule has 2 radical (unpaired) electrons. The minimum absolute atomic E-state index is 0. The molecule has 8 heterocycles. The van der Waals surface area contributed by atoms with Gasteiger partial charge in [-0.05, 0) is 138 Å². The van der Waals surface area contributed by atoms with Gasteiger partial charge in [0.2, 0.25) is 35.4 Å². The van der Waals surface area contributed by atoms with Crippen molar-refractivity contribution in [2.45, 2.75) is 227 Å². The van der Waals surface area contributed by atoms with E-state index in [9.17, 15) is 28.8 Å². The van der Waals surface area contributed by atoms with Crippen LogP contribution >= 0.6 is 0 Å². The maximum atomic E-state index is 14.1. The first-order chi connectivity index (χ1) is 45.3. The molecule has 12 atom stereocenters. The number of fused-ring (bicyclic) bond motifs is 10. The molecule has 520 valence electrons. The molecule has 0 unspecified atom stereocenters. The Kier molecular flexibility index (Phi) is 23.9. The summed E-state index contributed by atoms with van der Waals surface area (Å²) in [7, 11) is 0. The largest absolute Gasteiger partial charge is 0.540 e.